The van der Waals surface area contributed by atoms with Crippen LogP contribution >= 0.6 is 0 Å². The lowest BCUT2D eigenvalue weighted by atomic mass is 9.75. The van der Waals surface area contributed by atoms with E-state index in [1.54, 1.807) is 0 Å². The first-order valence-electron chi connectivity index (χ1n) is 6.15. The van der Waals surface area contributed by atoms with Crippen molar-refractivity contribution in [3.8, 4) is 0 Å². The third kappa shape index (κ3) is 2.97. The van der Waals surface area contributed by atoms with E-state index in [0.29, 0.717) is 6.54 Å². The number of aromatic nitrogens is 2. The number of alkyl halides is 3. The van der Waals surface area contributed by atoms with Crippen molar-refractivity contribution >= 4 is 5.95 Å². The van der Waals surface area contributed by atoms with Gasteiger partial charge in [0, 0.05) is 18.3 Å². The summed E-state index contributed by atoms with van der Waals surface area (Å²) in [6.07, 6.45) is -0.0996. The highest BCUT2D eigenvalue weighted by Crippen LogP contribution is 2.36. The molecule has 1 aromatic heterocycles. The van der Waals surface area contributed by atoms with E-state index in [-0.39, 0.29) is 11.5 Å². The Labute approximate surface area is 110 Å². The molecule has 1 saturated carbocycles. The van der Waals surface area contributed by atoms with Crippen LogP contribution in [0.15, 0.2) is 12.3 Å². The van der Waals surface area contributed by atoms with Gasteiger partial charge in [-0.2, -0.15) is 13.2 Å². The molecule has 1 fully saturated rings. The maximum atomic E-state index is 12.5. The summed E-state index contributed by atoms with van der Waals surface area (Å²) >= 11 is 0. The summed E-state index contributed by atoms with van der Waals surface area (Å²) in [5, 5.41) is 2.92. The molecule has 4 nitrogen and oxygen atoms in total. The van der Waals surface area contributed by atoms with Gasteiger partial charge in [-0.25, -0.2) is 9.97 Å². The lowest BCUT2D eigenvalue weighted by molar-refractivity contribution is -0.141. The summed E-state index contributed by atoms with van der Waals surface area (Å²) in [6, 6.07) is 0.871. The normalized spacial score (nSPS) is 18.2. The summed E-state index contributed by atoms with van der Waals surface area (Å²) < 4.78 is 37.6. The zero-order chi connectivity index (χ0) is 14.1. The molecule has 1 N–H and O–H groups in total. The van der Waals surface area contributed by atoms with Crippen LogP contribution in [0.4, 0.5) is 19.1 Å². The molecule has 1 heterocycles. The van der Waals surface area contributed by atoms with E-state index in [1.165, 1.54) is 0 Å². The minimum absolute atomic E-state index is 0.0115. The topological polar surface area (TPSA) is 41.0 Å². The molecule has 0 unspecified atom stereocenters. The lowest BCUT2D eigenvalue weighted by Crippen LogP contribution is -2.54. The molecule has 0 bridgehead atoms. The van der Waals surface area contributed by atoms with Crippen LogP contribution < -0.4 is 5.32 Å². The van der Waals surface area contributed by atoms with Gasteiger partial charge >= 0.3 is 6.18 Å². The smallest absolute Gasteiger partial charge is 0.352 e. The largest absolute Gasteiger partial charge is 0.433 e. The summed E-state index contributed by atoms with van der Waals surface area (Å²) in [5.41, 5.74) is -0.907. The molecule has 19 heavy (non-hydrogen) atoms. The Morgan fingerprint density at radius 1 is 1.37 bits per heavy atom. The summed E-state index contributed by atoms with van der Waals surface area (Å²) in [5.74, 6) is 0.0305. The van der Waals surface area contributed by atoms with Crippen LogP contribution in [-0.4, -0.2) is 41.0 Å². The number of hydrogen-bond acceptors (Lipinski definition) is 4. The van der Waals surface area contributed by atoms with Gasteiger partial charge in [0.1, 0.15) is 5.69 Å². The van der Waals surface area contributed by atoms with Gasteiger partial charge in [0.15, 0.2) is 0 Å². The second-order valence-electron chi connectivity index (χ2n) is 5.09. The molecule has 0 saturated heterocycles. The third-order valence-electron chi connectivity index (χ3n) is 3.75. The Morgan fingerprint density at radius 2 is 2.05 bits per heavy atom. The Morgan fingerprint density at radius 3 is 2.53 bits per heavy atom. The predicted octanol–water partition coefficient (Wildman–Crippen LogP) is 2.39. The predicted molar refractivity (Wildman–Crippen MR) is 65.8 cm³/mol. The van der Waals surface area contributed by atoms with Crippen molar-refractivity contribution in [3.05, 3.63) is 18.0 Å². The molecule has 0 amide bonds. The van der Waals surface area contributed by atoms with Crippen molar-refractivity contribution in [1.29, 1.82) is 0 Å². The molecule has 2 rings (SSSR count). The summed E-state index contributed by atoms with van der Waals surface area (Å²) in [7, 11) is 3.96. The average molecular weight is 274 g/mol. The molecular weight excluding hydrogens is 257 g/mol. The van der Waals surface area contributed by atoms with Crippen LogP contribution in [-0.2, 0) is 6.18 Å². The Balaban J connectivity index is 2.04. The standard InChI is InChI=1S/C12H17F3N4/c1-19(2)11(5-3-6-11)8-17-10-16-7-4-9(18-10)12(13,14)15/h4,7H,3,5-6,8H2,1-2H3,(H,16,17,18). The van der Waals surface area contributed by atoms with E-state index < -0.39 is 11.9 Å². The molecule has 7 heteroatoms. The van der Waals surface area contributed by atoms with E-state index in [2.05, 4.69) is 20.2 Å². The minimum Gasteiger partial charge on any atom is -0.352 e. The van der Waals surface area contributed by atoms with Gasteiger partial charge in [0.2, 0.25) is 5.95 Å². The first kappa shape index (κ1) is 14.0. The van der Waals surface area contributed by atoms with E-state index >= 15 is 0 Å². The molecule has 1 aromatic rings. The summed E-state index contributed by atoms with van der Waals surface area (Å²) in [4.78, 5) is 9.44. The fourth-order valence-corrected chi connectivity index (χ4v) is 2.21. The van der Waals surface area contributed by atoms with Gasteiger partial charge in [-0.15, -0.1) is 0 Å². The molecule has 0 aromatic carbocycles. The fraction of sp³-hybridized carbons (Fsp3) is 0.667. The number of hydrogen-bond donors (Lipinski definition) is 1. The molecular formula is C12H17F3N4. The first-order valence-corrected chi connectivity index (χ1v) is 6.15. The van der Waals surface area contributed by atoms with Crippen molar-refractivity contribution in [3.63, 3.8) is 0 Å². The van der Waals surface area contributed by atoms with Crippen molar-refractivity contribution in [2.75, 3.05) is 26.0 Å². The Hall–Kier alpha value is -1.37. The van der Waals surface area contributed by atoms with E-state index in [1.807, 2.05) is 14.1 Å². The number of anilines is 1. The van der Waals surface area contributed by atoms with Crippen molar-refractivity contribution < 1.29 is 13.2 Å². The highest BCUT2D eigenvalue weighted by molar-refractivity contribution is 5.27. The monoisotopic (exact) mass is 274 g/mol. The zero-order valence-corrected chi connectivity index (χ0v) is 11.0. The number of nitrogens with zero attached hydrogens (tertiary/aromatic N) is 3. The second-order valence-corrected chi connectivity index (χ2v) is 5.09. The van der Waals surface area contributed by atoms with Gasteiger partial charge in [0.05, 0.1) is 0 Å². The average Bonchev–Trinajstić information content (AvgIpc) is 2.26. The van der Waals surface area contributed by atoms with Gasteiger partial charge in [-0.05, 0) is 39.4 Å². The molecule has 106 valence electrons. The summed E-state index contributed by atoms with van der Waals surface area (Å²) in [6.45, 7) is 0.557. The van der Waals surface area contributed by atoms with E-state index in [9.17, 15) is 13.2 Å². The van der Waals surface area contributed by atoms with Gasteiger partial charge in [0.25, 0.3) is 0 Å². The van der Waals surface area contributed by atoms with Gasteiger partial charge < -0.3 is 10.2 Å². The Bertz CT molecular complexity index is 441. The minimum atomic E-state index is -4.44. The number of nitrogens with one attached hydrogen (secondary N) is 1. The van der Waals surface area contributed by atoms with E-state index in [0.717, 1.165) is 31.5 Å². The van der Waals surface area contributed by atoms with Crippen LogP contribution in [0, 0.1) is 0 Å². The van der Waals surface area contributed by atoms with Crippen LogP contribution in [0.5, 0.6) is 0 Å². The first-order chi connectivity index (χ1) is 8.83. The Kier molecular flexibility index (Phi) is 3.66. The molecule has 0 atom stereocenters. The molecule has 1 aliphatic rings. The maximum Gasteiger partial charge on any atom is 0.433 e. The van der Waals surface area contributed by atoms with Crippen molar-refractivity contribution in [1.82, 2.24) is 14.9 Å². The SMILES string of the molecule is CN(C)C1(CNc2nccc(C(F)(F)F)n2)CCC1. The van der Waals surface area contributed by atoms with Crippen LogP contribution in [0.2, 0.25) is 0 Å². The second kappa shape index (κ2) is 4.96. The van der Waals surface area contributed by atoms with Crippen LogP contribution in [0.1, 0.15) is 25.0 Å². The highest BCUT2D eigenvalue weighted by Gasteiger charge is 2.39. The quantitative estimate of drug-likeness (QED) is 0.915. The highest BCUT2D eigenvalue weighted by atomic mass is 19.4. The van der Waals surface area contributed by atoms with Crippen LogP contribution in [0.25, 0.3) is 0 Å². The van der Waals surface area contributed by atoms with Crippen molar-refractivity contribution in [2.45, 2.75) is 31.0 Å². The third-order valence-corrected chi connectivity index (χ3v) is 3.75. The molecule has 1 aliphatic carbocycles. The molecule has 0 aliphatic heterocycles. The fourth-order valence-electron chi connectivity index (χ4n) is 2.21. The lowest BCUT2D eigenvalue weighted by Gasteiger charge is -2.47. The molecule has 0 spiro atoms. The maximum absolute atomic E-state index is 12.5. The number of halogens is 3. The zero-order valence-electron chi connectivity index (χ0n) is 11.0. The number of likely N-dealkylation sites (N-methyl/N-ethyl adjacent to an activating group) is 1. The van der Waals surface area contributed by atoms with E-state index in [4.69, 9.17) is 0 Å². The van der Waals surface area contributed by atoms with Crippen molar-refractivity contribution in [2.24, 2.45) is 0 Å². The van der Waals surface area contributed by atoms with Crippen LogP contribution in [0.3, 0.4) is 0 Å². The molecule has 0 radical (unpaired) electrons. The number of rotatable bonds is 4. The van der Waals surface area contributed by atoms with Gasteiger partial charge in [-0.3, -0.25) is 0 Å². The van der Waals surface area contributed by atoms with Gasteiger partial charge in [-0.1, -0.05) is 0 Å².